The molecular weight excluding hydrogens is 1060 g/mol. The van der Waals surface area contributed by atoms with Crippen molar-refractivity contribution in [1.82, 2.24) is 9.55 Å². The van der Waals surface area contributed by atoms with Gasteiger partial charge in [-0.05, 0) is 103 Å². The zero-order chi connectivity index (χ0) is 50.3. The van der Waals surface area contributed by atoms with E-state index in [1.807, 2.05) is 18.3 Å². The third-order valence-electron chi connectivity index (χ3n) is 14.8. The summed E-state index contributed by atoms with van der Waals surface area (Å²) in [5.41, 5.74) is 14.4. The summed E-state index contributed by atoms with van der Waals surface area (Å²) in [6.07, 6.45) is 1.92. The smallest absolute Gasteiger partial charge is 0.135 e. The van der Waals surface area contributed by atoms with Crippen LogP contribution in [0.5, 0.6) is 11.5 Å². The largest absolute Gasteiger partial charge is 0.509 e. The van der Waals surface area contributed by atoms with Crippen LogP contribution >= 0.6 is 0 Å². The predicted octanol–water partition coefficient (Wildman–Crippen LogP) is 17.5. The number of hydrogen-bond donors (Lipinski definition) is 0. The minimum absolute atomic E-state index is 0. The zero-order valence-corrected chi connectivity index (χ0v) is 46.5. The number of fused-ring (bicyclic) bond motifs is 4. The molecule has 1 aliphatic heterocycles. The van der Waals surface area contributed by atoms with E-state index in [4.69, 9.17) is 9.72 Å². The molecule has 0 spiro atoms. The van der Waals surface area contributed by atoms with Crippen molar-refractivity contribution < 1.29 is 25.8 Å². The molecule has 370 valence electrons. The fraction of sp³-hybridized carbons (Fsp3) is 0.273. The van der Waals surface area contributed by atoms with E-state index in [2.05, 4.69) is 269 Å². The Labute approximate surface area is 443 Å². The average Bonchev–Trinajstić information content (AvgIpc) is 3.89. The molecule has 0 unspecified atom stereocenters. The fourth-order valence-electron chi connectivity index (χ4n) is 9.98. The predicted molar refractivity (Wildman–Crippen MR) is 297 cm³/mol. The number of anilines is 4. The Morgan fingerprint density at radius 2 is 1.03 bits per heavy atom. The first-order valence-electron chi connectivity index (χ1n) is 25.1. The molecule has 0 atom stereocenters. The molecule has 0 bridgehead atoms. The first-order valence-corrected chi connectivity index (χ1v) is 25.1. The van der Waals surface area contributed by atoms with Gasteiger partial charge in [0, 0.05) is 72.2 Å². The van der Waals surface area contributed by atoms with Crippen molar-refractivity contribution in [3.63, 3.8) is 0 Å². The van der Waals surface area contributed by atoms with Crippen LogP contribution < -0.4 is 14.5 Å². The van der Waals surface area contributed by atoms with Gasteiger partial charge in [-0.15, -0.1) is 48.1 Å². The Kier molecular flexibility index (Phi) is 13.0. The van der Waals surface area contributed by atoms with Gasteiger partial charge in [0.05, 0.1) is 0 Å². The normalized spacial score (nSPS) is 13.4. The summed E-state index contributed by atoms with van der Waals surface area (Å²) in [4.78, 5) is 9.59. The van der Waals surface area contributed by atoms with Crippen molar-refractivity contribution >= 4 is 44.6 Å². The molecule has 2 aromatic heterocycles. The topological polar surface area (TPSA) is 33.5 Å². The number of nitrogens with zero attached hydrogens (tertiary/aromatic N) is 4. The Hall–Kier alpha value is -6.42. The number of aromatic nitrogens is 2. The molecule has 0 aliphatic carbocycles. The van der Waals surface area contributed by atoms with Crippen LogP contribution in [0.2, 0.25) is 0 Å². The van der Waals surface area contributed by atoms with Gasteiger partial charge in [0.2, 0.25) is 0 Å². The van der Waals surface area contributed by atoms with Crippen LogP contribution in [-0.4, -0.2) is 9.55 Å². The quantitative estimate of drug-likeness (QED) is 0.135. The second-order valence-corrected chi connectivity index (χ2v) is 23.6. The van der Waals surface area contributed by atoms with Gasteiger partial charge in [-0.25, -0.2) is 4.98 Å². The summed E-state index contributed by atoms with van der Waals surface area (Å²) >= 11 is 0. The van der Waals surface area contributed by atoms with Gasteiger partial charge in [0.25, 0.3) is 0 Å². The van der Waals surface area contributed by atoms with E-state index in [9.17, 15) is 0 Å². The SMILES string of the molecule is CC(C)(C)c1cc(N2[CH-]N(c3[c-]c(Oc4[c-]c5c(cc4)c4cc(C(C)(C)c6ccccc6)ccc4n5-c4cc(C(C)(C)C)ccn4)ccc3)c3cc(C(C)(C)c4ccccc4)ccc32)cc(C(C)(C)C)c1.[Pt]. The molecular formula is C66H67N4OPt-3. The van der Waals surface area contributed by atoms with Crippen LogP contribution in [0.3, 0.4) is 0 Å². The third kappa shape index (κ3) is 9.42. The molecule has 0 amide bonds. The monoisotopic (exact) mass is 1130 g/mol. The standard InChI is InChI=1S/C66H67N4O.Pt/c1-62(2,3)46-33-34-67-61(40-46)70-57-31-27-47(65(10,11)44-21-16-14-17-22-44)38-56(57)55-30-29-54(42-59(55)70)71-53-26-20-25-51(41-53)68-43-69(52-36-49(63(4,5)6)35-50(37-52)64(7,8)9)58-32-28-48(39-60(58)68)66(12,13)45-23-18-15-19-24-45;/h14-40,43H,1-13H3;/q-3;. The van der Waals surface area contributed by atoms with E-state index in [0.29, 0.717) is 11.5 Å². The van der Waals surface area contributed by atoms with E-state index in [-0.39, 0.29) is 48.1 Å². The summed E-state index contributed by atoms with van der Waals surface area (Å²) in [5, 5.41) is 2.23. The van der Waals surface area contributed by atoms with Crippen LogP contribution in [0, 0.1) is 18.8 Å². The van der Waals surface area contributed by atoms with Crippen molar-refractivity contribution in [2.45, 2.75) is 117 Å². The van der Waals surface area contributed by atoms with Crippen LogP contribution in [0.4, 0.5) is 22.7 Å². The molecule has 0 N–H and O–H groups in total. The van der Waals surface area contributed by atoms with E-state index >= 15 is 0 Å². The summed E-state index contributed by atoms with van der Waals surface area (Å²) < 4.78 is 9.07. The van der Waals surface area contributed by atoms with Crippen LogP contribution in [0.1, 0.15) is 129 Å². The second-order valence-electron chi connectivity index (χ2n) is 23.6. The number of rotatable bonds is 9. The molecule has 0 saturated carbocycles. The molecule has 72 heavy (non-hydrogen) atoms. The van der Waals surface area contributed by atoms with Gasteiger partial charge in [0.1, 0.15) is 5.82 Å². The van der Waals surface area contributed by atoms with Gasteiger partial charge in [-0.3, -0.25) is 0 Å². The molecule has 10 rings (SSSR count). The second kappa shape index (κ2) is 18.6. The average molecular weight is 1130 g/mol. The summed E-state index contributed by atoms with van der Waals surface area (Å²) in [6.45, 7) is 31.9. The summed E-state index contributed by atoms with van der Waals surface area (Å²) in [7, 11) is 0. The Bertz CT molecular complexity index is 3410. The summed E-state index contributed by atoms with van der Waals surface area (Å²) in [5.74, 6) is 2.04. The maximum atomic E-state index is 6.83. The first-order chi connectivity index (χ1) is 33.6. The van der Waals surface area contributed by atoms with Gasteiger partial charge in [-0.2, -0.15) is 12.1 Å². The molecule has 0 saturated heterocycles. The molecule has 6 heteroatoms. The number of pyridine rings is 1. The molecule has 0 radical (unpaired) electrons. The fourth-order valence-corrected chi connectivity index (χ4v) is 9.98. The van der Waals surface area contributed by atoms with Crippen LogP contribution in [-0.2, 0) is 48.1 Å². The third-order valence-corrected chi connectivity index (χ3v) is 14.8. The maximum absolute atomic E-state index is 6.83. The van der Waals surface area contributed by atoms with E-state index < -0.39 is 0 Å². The van der Waals surface area contributed by atoms with Crippen LogP contribution in [0.15, 0.2) is 164 Å². The maximum Gasteiger partial charge on any atom is 0.135 e. The minimum Gasteiger partial charge on any atom is -0.509 e. The Morgan fingerprint density at radius 1 is 0.444 bits per heavy atom. The van der Waals surface area contributed by atoms with Crippen molar-refractivity contribution in [2.24, 2.45) is 0 Å². The number of ether oxygens (including phenoxy) is 1. The van der Waals surface area contributed by atoms with Crippen molar-refractivity contribution in [3.05, 3.63) is 222 Å². The van der Waals surface area contributed by atoms with E-state index in [1.54, 1.807) is 0 Å². The zero-order valence-electron chi connectivity index (χ0n) is 44.2. The first kappa shape index (κ1) is 50.5. The molecule has 3 heterocycles. The molecule has 1 aliphatic rings. The van der Waals surface area contributed by atoms with Crippen molar-refractivity contribution in [1.29, 1.82) is 0 Å². The van der Waals surface area contributed by atoms with Crippen molar-refractivity contribution in [3.8, 4) is 17.3 Å². The molecule has 5 nitrogen and oxygen atoms in total. The van der Waals surface area contributed by atoms with Gasteiger partial charge in [0.15, 0.2) is 0 Å². The van der Waals surface area contributed by atoms with Gasteiger partial charge >= 0.3 is 0 Å². The van der Waals surface area contributed by atoms with Gasteiger partial charge in [-0.1, -0.05) is 180 Å². The van der Waals surface area contributed by atoms with Gasteiger partial charge < -0.3 is 19.1 Å². The minimum atomic E-state index is -0.240. The molecule has 9 aromatic rings. The number of benzene rings is 7. The molecule has 0 fully saturated rings. The van der Waals surface area contributed by atoms with E-state index in [0.717, 1.165) is 50.4 Å². The molecule has 7 aromatic carbocycles. The van der Waals surface area contributed by atoms with Crippen molar-refractivity contribution in [2.75, 3.05) is 9.80 Å². The Balaban J connectivity index is 0.00000640. The van der Waals surface area contributed by atoms with Crippen LogP contribution in [0.25, 0.3) is 27.6 Å². The summed E-state index contributed by atoms with van der Waals surface area (Å²) in [6, 6.07) is 64.6. The van der Waals surface area contributed by atoms with E-state index in [1.165, 1.54) is 38.9 Å². The number of hydrogen-bond acceptors (Lipinski definition) is 4. The Morgan fingerprint density at radius 3 is 1.64 bits per heavy atom.